The van der Waals surface area contributed by atoms with Gasteiger partial charge in [0.05, 0.1) is 0 Å². The molecule has 0 radical (unpaired) electrons. The van der Waals surface area contributed by atoms with Gasteiger partial charge in [-0.2, -0.15) is 0 Å². The lowest BCUT2D eigenvalue weighted by Gasteiger charge is -2.22. The first-order valence-electron chi connectivity index (χ1n) is 48.0. The third-order valence-electron chi connectivity index (χ3n) is 29.3. The molecule has 0 saturated heterocycles. The largest absolute Gasteiger partial charge is 0.0616 e. The smallest absolute Gasteiger partial charge is 0.00204 e. The molecule has 138 heavy (non-hydrogen) atoms. The van der Waals surface area contributed by atoms with Gasteiger partial charge in [-0.05, 0) is 358 Å². The van der Waals surface area contributed by atoms with Crippen LogP contribution < -0.4 is 0 Å². The summed E-state index contributed by atoms with van der Waals surface area (Å²) in [7, 11) is 0. The van der Waals surface area contributed by atoms with Crippen molar-refractivity contribution in [1.82, 2.24) is 0 Å². The van der Waals surface area contributed by atoms with Crippen molar-refractivity contribution in [3.8, 4) is 156 Å². The zero-order chi connectivity index (χ0) is 90.8. The topological polar surface area (TPSA) is 0 Å². The number of hydrogen-bond acceptors (Lipinski definition) is 0. The summed E-state index contributed by atoms with van der Waals surface area (Å²) in [4.78, 5) is 0. The van der Waals surface area contributed by atoms with Crippen molar-refractivity contribution in [2.24, 2.45) is 0 Å². The second kappa shape index (κ2) is 33.1. The van der Waals surface area contributed by atoms with Crippen LogP contribution in [0.3, 0.4) is 0 Å². The SMILES string of the molecule is c1ccc2c(-c3cc(-c4cc(-c5c6ccccc6c(-c6cc(-c7cc(-c8cccc9ccccc89)cc(-c8cccc9ccccc89)c7)cc(-c7cccc8c(-c9cccc%10ccccc9%10)ccc(-c9cccc%10ccccc9%10)c78)c6)c6ccccc56)cc(-c5cccc6c(-c7cccc8ccccc78)ccc(-c7cccc8ccccc78)c56)c4)cc(-c4cccc5ccccc45)c3)cccc2c1. The van der Waals surface area contributed by atoms with Gasteiger partial charge < -0.3 is 0 Å². The zero-order valence-electron chi connectivity index (χ0n) is 75.7. The summed E-state index contributed by atoms with van der Waals surface area (Å²) in [6, 6.07) is 198. The Morgan fingerprint density at radius 2 is 0.225 bits per heavy atom. The van der Waals surface area contributed by atoms with E-state index in [1.54, 1.807) is 0 Å². The first kappa shape index (κ1) is 79.8. The molecule has 0 aliphatic carbocycles. The van der Waals surface area contributed by atoms with Crippen LogP contribution in [-0.4, -0.2) is 0 Å². The lowest BCUT2D eigenvalue weighted by molar-refractivity contribution is 1.57. The molecule has 0 aliphatic heterocycles. The molecule has 638 valence electrons. The fourth-order valence-corrected chi connectivity index (χ4v) is 23.1. The number of fused-ring (bicyclic) bond motifs is 12. The van der Waals surface area contributed by atoms with Crippen LogP contribution in [0.5, 0.6) is 0 Å². The van der Waals surface area contributed by atoms with Crippen LogP contribution in [0.1, 0.15) is 0 Å². The average Bonchev–Trinajstić information content (AvgIpc) is 0.724. The molecular weight excluding hydrogens is 1660 g/mol. The summed E-state index contributed by atoms with van der Waals surface area (Å²) in [5, 5.41) is 28.6. The minimum atomic E-state index is 1.10. The third-order valence-corrected chi connectivity index (χ3v) is 29.3. The van der Waals surface area contributed by atoms with Crippen LogP contribution in [0.25, 0.3) is 285 Å². The average molecular weight is 1740 g/mol. The molecule has 27 aromatic carbocycles. The summed E-state index contributed by atoms with van der Waals surface area (Å²) >= 11 is 0. The van der Waals surface area contributed by atoms with Crippen molar-refractivity contribution >= 4 is 129 Å². The van der Waals surface area contributed by atoms with E-state index in [0.29, 0.717) is 0 Å². The molecule has 27 rings (SSSR count). The second-order valence-corrected chi connectivity index (χ2v) is 37.0. The van der Waals surface area contributed by atoms with Crippen molar-refractivity contribution in [1.29, 1.82) is 0 Å². The van der Waals surface area contributed by atoms with Gasteiger partial charge in [-0.1, -0.05) is 449 Å². The summed E-state index contributed by atoms with van der Waals surface area (Å²) in [6.45, 7) is 0. The summed E-state index contributed by atoms with van der Waals surface area (Å²) in [5.41, 5.74) is 32.3. The normalized spacial score (nSPS) is 11.8. The van der Waals surface area contributed by atoms with Gasteiger partial charge in [0.1, 0.15) is 0 Å². The van der Waals surface area contributed by atoms with E-state index >= 15 is 0 Å². The van der Waals surface area contributed by atoms with Crippen molar-refractivity contribution in [3.05, 3.63) is 522 Å². The molecule has 0 saturated carbocycles. The summed E-state index contributed by atoms with van der Waals surface area (Å²) in [6.07, 6.45) is 0. The molecule has 0 nitrogen and oxygen atoms in total. The monoisotopic (exact) mass is 1740 g/mol. The van der Waals surface area contributed by atoms with Gasteiger partial charge in [0.2, 0.25) is 0 Å². The van der Waals surface area contributed by atoms with Crippen LogP contribution in [0.15, 0.2) is 522 Å². The number of rotatable bonds is 14. The molecule has 0 fully saturated rings. The van der Waals surface area contributed by atoms with Crippen LogP contribution in [0, 0.1) is 0 Å². The molecule has 27 aromatic rings. The molecule has 0 atom stereocenters. The van der Waals surface area contributed by atoms with Gasteiger partial charge >= 0.3 is 0 Å². The fourth-order valence-electron chi connectivity index (χ4n) is 23.1. The second-order valence-electron chi connectivity index (χ2n) is 37.0. The number of benzene rings is 27. The van der Waals surface area contributed by atoms with Gasteiger partial charge in [-0.25, -0.2) is 0 Å². The Kier molecular flexibility index (Phi) is 19.1. The molecular formula is C138H86. The van der Waals surface area contributed by atoms with Crippen molar-refractivity contribution in [3.63, 3.8) is 0 Å². The third kappa shape index (κ3) is 13.5. The van der Waals surface area contributed by atoms with Crippen molar-refractivity contribution in [2.45, 2.75) is 0 Å². The fraction of sp³-hybridized carbons (Fsp3) is 0. The van der Waals surface area contributed by atoms with E-state index in [0.717, 1.165) is 111 Å². The Morgan fingerprint density at radius 1 is 0.0797 bits per heavy atom. The highest BCUT2D eigenvalue weighted by Crippen LogP contribution is 2.54. The molecule has 0 N–H and O–H groups in total. The van der Waals surface area contributed by atoms with E-state index in [1.165, 1.54) is 174 Å². The van der Waals surface area contributed by atoms with Gasteiger partial charge in [0, 0.05) is 0 Å². The van der Waals surface area contributed by atoms with Crippen molar-refractivity contribution < 1.29 is 0 Å². The van der Waals surface area contributed by atoms with Crippen LogP contribution in [0.2, 0.25) is 0 Å². The zero-order valence-corrected chi connectivity index (χ0v) is 75.7. The minimum Gasteiger partial charge on any atom is -0.0616 e. The standard InChI is InChI=1S/C138H86/c1-9-47-107-87(31-1)39-21-59-115(107)99-75-95(76-100(83-99)116-60-22-40-88-32-2-10-48-108(88)116)97-79-103(119-63-29-69-127-125(121-65-25-43-91-35-5-13-51-111(91)121)71-73-133(137(119)127)123-67-27-45-93-37-7-15-53-113(93)123)85-105(81-97)135-129-55-17-19-57-131(129)136(132-58-20-18-56-130(132)135)106-82-98(96-77-101(117-61-23-41-89-33-3-11-49-109(89)117)84-102(78-96)118-62-24-42-90-34-4-12-50-110(90)118)80-104(86-106)120-64-30-70-128-126(122-66-26-44-92-36-6-14-52-112(92)122)72-74-134(138(120)128)124-68-28-46-94-38-8-16-54-114(94)124/h1-86H. The molecule has 0 aromatic heterocycles. The van der Waals surface area contributed by atoms with E-state index in [4.69, 9.17) is 0 Å². The lowest BCUT2D eigenvalue weighted by Crippen LogP contribution is -1.95. The molecule has 0 unspecified atom stereocenters. The van der Waals surface area contributed by atoms with E-state index < -0.39 is 0 Å². The van der Waals surface area contributed by atoms with Crippen LogP contribution >= 0.6 is 0 Å². The molecule has 0 heteroatoms. The molecule has 0 amide bonds. The highest BCUT2D eigenvalue weighted by molar-refractivity contribution is 6.25. The van der Waals surface area contributed by atoms with Crippen LogP contribution in [-0.2, 0) is 0 Å². The highest BCUT2D eigenvalue weighted by atomic mass is 14.3. The first-order chi connectivity index (χ1) is 68.4. The van der Waals surface area contributed by atoms with Crippen molar-refractivity contribution in [2.75, 3.05) is 0 Å². The Hall–Kier alpha value is -17.9. The predicted octanol–water partition coefficient (Wildman–Crippen LogP) is 38.9. The Labute approximate surface area is 800 Å². The van der Waals surface area contributed by atoms with E-state index in [9.17, 15) is 0 Å². The summed E-state index contributed by atoms with van der Waals surface area (Å²) < 4.78 is 0. The molecule has 0 aliphatic rings. The first-order valence-corrected chi connectivity index (χ1v) is 48.0. The van der Waals surface area contributed by atoms with Gasteiger partial charge in [0.15, 0.2) is 0 Å². The van der Waals surface area contributed by atoms with E-state index in [2.05, 4.69) is 522 Å². The Bertz CT molecular complexity index is 8890. The number of hydrogen-bond donors (Lipinski definition) is 0. The minimum absolute atomic E-state index is 1.10. The maximum absolute atomic E-state index is 2.54. The van der Waals surface area contributed by atoms with E-state index in [-0.39, 0.29) is 0 Å². The predicted molar refractivity (Wildman–Crippen MR) is 593 cm³/mol. The maximum atomic E-state index is 2.54. The van der Waals surface area contributed by atoms with Gasteiger partial charge in [0.25, 0.3) is 0 Å². The Balaban J connectivity index is 0.758. The molecule has 0 spiro atoms. The summed E-state index contributed by atoms with van der Waals surface area (Å²) in [5.74, 6) is 0. The maximum Gasteiger partial charge on any atom is -0.00204 e. The lowest BCUT2D eigenvalue weighted by atomic mass is 9.81. The molecule has 0 bridgehead atoms. The van der Waals surface area contributed by atoms with E-state index in [1.807, 2.05) is 0 Å². The quantitative estimate of drug-likeness (QED) is 0.0952. The van der Waals surface area contributed by atoms with Gasteiger partial charge in [-0.15, -0.1) is 0 Å². The highest BCUT2D eigenvalue weighted by Gasteiger charge is 2.27. The molecule has 0 heterocycles. The van der Waals surface area contributed by atoms with Gasteiger partial charge in [-0.3, -0.25) is 0 Å². The Morgan fingerprint density at radius 3 is 0.478 bits per heavy atom. The van der Waals surface area contributed by atoms with Crippen LogP contribution in [0.4, 0.5) is 0 Å².